The molecule has 1 aromatic carbocycles. The van der Waals surface area contributed by atoms with E-state index in [4.69, 9.17) is 0 Å². The monoisotopic (exact) mass is 342 g/mol. The number of aliphatic hydroxyl groups is 1. The van der Waals surface area contributed by atoms with Crippen molar-refractivity contribution in [3.63, 3.8) is 0 Å². The second kappa shape index (κ2) is 8.61. The van der Waals surface area contributed by atoms with Crippen molar-refractivity contribution in [2.45, 2.75) is 45.4 Å². The summed E-state index contributed by atoms with van der Waals surface area (Å²) in [5.41, 5.74) is 2.55. The highest BCUT2D eigenvalue weighted by Gasteiger charge is 2.28. The average Bonchev–Trinajstić information content (AvgIpc) is 3.11. The van der Waals surface area contributed by atoms with Crippen LogP contribution < -0.4 is 5.32 Å². The van der Waals surface area contributed by atoms with Crippen molar-refractivity contribution in [1.29, 1.82) is 0 Å². The van der Waals surface area contributed by atoms with Gasteiger partial charge in [-0.25, -0.2) is 0 Å². The molecule has 2 aromatic rings. The Morgan fingerprint density at radius 1 is 1.24 bits per heavy atom. The fourth-order valence-corrected chi connectivity index (χ4v) is 3.55. The zero-order valence-corrected chi connectivity index (χ0v) is 15.3. The molecule has 3 rings (SSSR count). The molecule has 0 bridgehead atoms. The maximum atomic E-state index is 9.84. The molecule has 25 heavy (non-hydrogen) atoms. The molecule has 5 heteroatoms. The number of likely N-dealkylation sites (tertiary alicyclic amines) is 1. The number of benzene rings is 1. The van der Waals surface area contributed by atoms with Gasteiger partial charge in [-0.1, -0.05) is 30.3 Å². The van der Waals surface area contributed by atoms with Gasteiger partial charge in [-0.2, -0.15) is 5.10 Å². The summed E-state index contributed by atoms with van der Waals surface area (Å²) in [5, 5.41) is 17.9. The van der Waals surface area contributed by atoms with Crippen molar-refractivity contribution in [3.8, 4) is 0 Å². The topological polar surface area (TPSA) is 53.3 Å². The van der Waals surface area contributed by atoms with E-state index in [0.29, 0.717) is 12.1 Å². The summed E-state index contributed by atoms with van der Waals surface area (Å²) >= 11 is 0. The second-order valence-corrected chi connectivity index (χ2v) is 7.36. The van der Waals surface area contributed by atoms with Gasteiger partial charge in [0.05, 0.1) is 6.20 Å². The van der Waals surface area contributed by atoms with Crippen LogP contribution in [0.1, 0.15) is 37.4 Å². The van der Waals surface area contributed by atoms with Crippen LogP contribution in [0.25, 0.3) is 0 Å². The van der Waals surface area contributed by atoms with Crippen LogP contribution in [0.3, 0.4) is 0 Å². The number of nitrogens with one attached hydrogen (secondary N) is 1. The zero-order chi connectivity index (χ0) is 17.6. The molecule has 0 unspecified atom stereocenters. The Bertz CT molecular complexity index is 640. The molecular weight excluding hydrogens is 312 g/mol. The summed E-state index contributed by atoms with van der Waals surface area (Å²) in [4.78, 5) is 2.45. The Hall–Kier alpha value is -1.69. The van der Waals surface area contributed by atoms with Crippen LogP contribution >= 0.6 is 0 Å². The van der Waals surface area contributed by atoms with E-state index < -0.39 is 0 Å². The van der Waals surface area contributed by atoms with Gasteiger partial charge in [0.2, 0.25) is 0 Å². The molecule has 1 fully saturated rings. The Kier molecular flexibility index (Phi) is 6.24. The quantitative estimate of drug-likeness (QED) is 0.811. The van der Waals surface area contributed by atoms with E-state index in [1.54, 1.807) is 0 Å². The smallest absolute Gasteiger partial charge is 0.0534 e. The van der Waals surface area contributed by atoms with Gasteiger partial charge in [0.15, 0.2) is 0 Å². The van der Waals surface area contributed by atoms with Crippen LogP contribution in [-0.4, -0.2) is 45.5 Å². The average molecular weight is 342 g/mol. The molecule has 0 aliphatic carbocycles. The first-order valence-corrected chi connectivity index (χ1v) is 9.29. The minimum absolute atomic E-state index is 0.230. The molecule has 1 saturated heterocycles. The van der Waals surface area contributed by atoms with Crippen LogP contribution in [0.5, 0.6) is 0 Å². The lowest BCUT2D eigenvalue weighted by atomic mass is 9.92. The van der Waals surface area contributed by atoms with Crippen molar-refractivity contribution < 1.29 is 5.11 Å². The van der Waals surface area contributed by atoms with Gasteiger partial charge in [0.1, 0.15) is 0 Å². The number of aliphatic hydroxyl groups excluding tert-OH is 1. The highest BCUT2D eigenvalue weighted by atomic mass is 16.3. The molecule has 2 heterocycles. The van der Waals surface area contributed by atoms with Gasteiger partial charge >= 0.3 is 0 Å². The third kappa shape index (κ3) is 4.91. The van der Waals surface area contributed by atoms with E-state index in [2.05, 4.69) is 65.7 Å². The number of nitrogens with zero attached hydrogens (tertiary/aromatic N) is 3. The normalized spacial score (nSPS) is 21.8. The van der Waals surface area contributed by atoms with Crippen molar-refractivity contribution in [2.75, 3.05) is 19.7 Å². The van der Waals surface area contributed by atoms with Crippen LogP contribution in [0, 0.1) is 5.92 Å². The first-order chi connectivity index (χ1) is 12.2. The molecule has 0 radical (unpaired) electrons. The number of rotatable bonds is 7. The third-order valence-electron chi connectivity index (χ3n) is 5.05. The predicted octanol–water partition coefficient (Wildman–Crippen LogP) is 2.44. The molecule has 2 atom stereocenters. The fraction of sp³-hybridized carbons (Fsp3) is 0.550. The highest BCUT2D eigenvalue weighted by Crippen LogP contribution is 2.19. The summed E-state index contributed by atoms with van der Waals surface area (Å²) in [7, 11) is 0. The van der Waals surface area contributed by atoms with Gasteiger partial charge in [-0.15, -0.1) is 0 Å². The second-order valence-electron chi connectivity index (χ2n) is 7.36. The zero-order valence-electron chi connectivity index (χ0n) is 15.3. The Morgan fingerprint density at radius 2 is 2.04 bits per heavy atom. The summed E-state index contributed by atoms with van der Waals surface area (Å²) < 4.78 is 1.99. The van der Waals surface area contributed by atoms with Crippen molar-refractivity contribution >= 4 is 0 Å². The van der Waals surface area contributed by atoms with Crippen LogP contribution in [0.2, 0.25) is 0 Å². The van der Waals surface area contributed by atoms with E-state index in [1.807, 2.05) is 10.9 Å². The van der Waals surface area contributed by atoms with E-state index >= 15 is 0 Å². The predicted molar refractivity (Wildman–Crippen MR) is 100 cm³/mol. The number of hydrogen-bond donors (Lipinski definition) is 2. The lowest BCUT2D eigenvalue weighted by Gasteiger charge is -2.38. The van der Waals surface area contributed by atoms with Gasteiger partial charge in [0.25, 0.3) is 0 Å². The fourth-order valence-electron chi connectivity index (χ4n) is 3.55. The molecule has 136 valence electrons. The van der Waals surface area contributed by atoms with E-state index in [-0.39, 0.29) is 12.5 Å². The summed E-state index contributed by atoms with van der Waals surface area (Å²) in [6, 6.07) is 11.3. The molecule has 0 saturated carbocycles. The third-order valence-corrected chi connectivity index (χ3v) is 5.05. The molecule has 2 N–H and O–H groups in total. The van der Waals surface area contributed by atoms with Crippen LogP contribution in [0.15, 0.2) is 42.7 Å². The number of hydrogen-bond acceptors (Lipinski definition) is 4. The molecule has 0 spiro atoms. The molecule has 0 amide bonds. The summed E-state index contributed by atoms with van der Waals surface area (Å²) in [6.07, 6.45) is 5.11. The maximum absolute atomic E-state index is 9.84. The molecule has 5 nitrogen and oxygen atoms in total. The first-order valence-electron chi connectivity index (χ1n) is 9.29. The summed E-state index contributed by atoms with van der Waals surface area (Å²) in [6.45, 7) is 8.28. The molecular formula is C20H30N4O. The van der Waals surface area contributed by atoms with Crippen LogP contribution in [0.4, 0.5) is 0 Å². The van der Waals surface area contributed by atoms with Crippen molar-refractivity contribution in [1.82, 2.24) is 20.0 Å². The molecule has 1 aliphatic rings. The molecule has 1 aromatic heterocycles. The van der Waals surface area contributed by atoms with E-state index in [0.717, 1.165) is 32.6 Å². The first kappa shape index (κ1) is 18.1. The van der Waals surface area contributed by atoms with Gasteiger partial charge in [0, 0.05) is 56.0 Å². The lowest BCUT2D eigenvalue weighted by Crippen LogP contribution is -2.50. The minimum Gasteiger partial charge on any atom is -0.396 e. The van der Waals surface area contributed by atoms with Crippen LogP contribution in [-0.2, 0) is 13.1 Å². The number of aromatic nitrogens is 2. The van der Waals surface area contributed by atoms with Crippen molar-refractivity contribution in [2.24, 2.45) is 5.92 Å². The maximum Gasteiger partial charge on any atom is 0.0534 e. The molecule has 1 aliphatic heterocycles. The summed E-state index contributed by atoms with van der Waals surface area (Å²) in [5.74, 6) is 0.276. The lowest BCUT2D eigenvalue weighted by molar-refractivity contribution is 0.0849. The standard InChI is InChI=1S/C20H30N4O/c1-16(2)24-13-18(11-22-24)10-21-20-8-9-23(14-19(20)15-25)12-17-6-4-3-5-7-17/h3-7,11,13,16,19-21,25H,8-10,12,14-15H2,1-2H3/t19-,20+/m0/s1. The Balaban J connectivity index is 1.51. The van der Waals surface area contributed by atoms with Gasteiger partial charge in [-0.05, 0) is 32.4 Å². The van der Waals surface area contributed by atoms with Gasteiger partial charge < -0.3 is 10.4 Å². The SMILES string of the molecule is CC(C)n1cc(CN[C@@H]2CCN(Cc3ccccc3)C[C@H]2CO)cn1. The highest BCUT2D eigenvalue weighted by molar-refractivity contribution is 5.14. The number of piperidine rings is 1. The van der Waals surface area contributed by atoms with Crippen molar-refractivity contribution in [3.05, 3.63) is 53.9 Å². The largest absolute Gasteiger partial charge is 0.396 e. The Labute approximate surface area is 150 Å². The minimum atomic E-state index is 0.230. The Morgan fingerprint density at radius 3 is 2.72 bits per heavy atom. The van der Waals surface area contributed by atoms with Gasteiger partial charge in [-0.3, -0.25) is 9.58 Å². The van der Waals surface area contributed by atoms with E-state index in [9.17, 15) is 5.11 Å². The van der Waals surface area contributed by atoms with E-state index in [1.165, 1.54) is 11.1 Å².